The molecule has 12 bridgehead atoms. The van der Waals surface area contributed by atoms with Crippen LogP contribution in [-0.4, -0.2) is 75.8 Å². The number of carbonyl (C=O) groups excluding carboxylic acids is 5. The molecule has 0 aliphatic heterocycles. The van der Waals surface area contributed by atoms with E-state index in [1.54, 1.807) is 0 Å². The minimum absolute atomic E-state index is 0.0146. The number of ether oxygens (including phenoxy) is 3. The number of alkyl halides is 6. The van der Waals surface area contributed by atoms with E-state index in [4.69, 9.17) is 14.2 Å². The van der Waals surface area contributed by atoms with Gasteiger partial charge in [-0.05, 0) is 278 Å². The molecule has 21 rings (SSSR count). The van der Waals surface area contributed by atoms with E-state index in [1.165, 1.54) is 71.9 Å². The van der Waals surface area contributed by atoms with Gasteiger partial charge in [0, 0.05) is 49.9 Å². The van der Waals surface area contributed by atoms with Gasteiger partial charge in [0.15, 0.2) is 44.1 Å². The SMILES string of the molecule is CC(C)(C)c1ccc([S+](c2ccccc2)c2ccc(C(C)(C)C)cc2)cc1.CC(F)(F)C(=O)OC12CC3CC(C1)C(=O)C(C3)C2.CC(F)(F)C(=O)OC12CC3CC(C1)C(=O)C(C3)C2.CC(F)(F)C(=O)OCC12CC3CC(CC(O)(C3)C1)C2.Cc1ccc([S+](c2ccc(C)cc2)c2ccc(C)cc2)cc1.c1ccc([S+](c2ccccc2)c2ccccc2)cc1. The van der Waals surface area contributed by atoms with Crippen LogP contribution in [0.15, 0.2) is 287 Å². The largest absolute Gasteiger partial charge is 0.461 e. The van der Waals surface area contributed by atoms with Crippen LogP contribution in [0.2, 0.25) is 0 Å². The number of ketones is 2. The molecular formula is C105H119F6O9S3+3. The summed E-state index contributed by atoms with van der Waals surface area (Å²) in [6, 6.07) is 88.3. The summed E-state index contributed by atoms with van der Waals surface area (Å²) in [5.41, 5.74) is 4.54. The molecule has 0 spiro atoms. The predicted octanol–water partition coefficient (Wildman–Crippen LogP) is 25.0. The number of Topliss-reactive ketones (excluding diaryl/α,β-unsaturated/α-hetero) is 2. The Hall–Kier alpha value is -8.68. The average Bonchev–Trinajstić information content (AvgIpc) is 0.743. The number of hydrogen-bond donors (Lipinski definition) is 1. The topological polar surface area (TPSA) is 133 Å². The van der Waals surface area contributed by atoms with E-state index in [0.29, 0.717) is 89.4 Å². The number of esters is 3. The first-order valence-corrected chi connectivity index (χ1v) is 47.1. The summed E-state index contributed by atoms with van der Waals surface area (Å²) in [5.74, 6) is -12.8. The van der Waals surface area contributed by atoms with Crippen molar-refractivity contribution < 1.29 is 69.6 Å². The van der Waals surface area contributed by atoms with E-state index in [1.807, 2.05) is 0 Å². The molecule has 6 atom stereocenters. The number of hydrogen-bond acceptors (Lipinski definition) is 9. The molecule has 123 heavy (non-hydrogen) atoms. The number of carbonyl (C=O) groups is 5. The number of halogens is 6. The molecule has 0 saturated heterocycles. The second-order valence-corrected chi connectivity index (χ2v) is 44.8. The monoisotopic (exact) mass is 1730 g/mol. The third kappa shape index (κ3) is 23.0. The standard InChI is InChI=1S/C26H31S.C21H21S.C18H15S.C14H20F2O3.2C13H16F2O3/c1-25(2,3)20-12-16-23(17-13-20)27(22-10-8-7-9-11-22)24-18-14-21(15-19-24)26(4,5)6;1-16-4-10-19(11-5-16)22(20-12-6-17(2)7-13-20)21-14-8-18(3)9-15-21;1-4-10-16(11-5-1)19(17-12-6-2-7-13-17)18-14-8-3-9-15-18;1-12(15,16)11(17)19-8-13-3-9-2-10(4-13)6-14(18,5-9)7-13;2*1-12(14,15)11(17)18-13-4-7-2-8(5-13)10(16)9(3-7)6-13/h7-19H,1-6H3;4-15H,1-3H3;1-15H;9-10,18H,2-8H2,1H3;2*7-9H,2-6H2,1H3/q3*+1;;;. The van der Waals surface area contributed by atoms with Crippen molar-refractivity contribution in [1.82, 2.24) is 0 Å². The molecule has 12 aliphatic carbocycles. The van der Waals surface area contributed by atoms with Gasteiger partial charge in [-0.2, -0.15) is 26.3 Å². The molecule has 0 radical (unpaired) electrons. The highest BCUT2D eigenvalue weighted by Gasteiger charge is 2.61. The third-order valence-electron chi connectivity index (χ3n) is 25.8. The lowest BCUT2D eigenvalue weighted by Crippen LogP contribution is -2.57. The molecule has 0 amide bonds. The molecule has 18 heteroatoms. The molecule has 650 valence electrons. The van der Waals surface area contributed by atoms with Crippen LogP contribution < -0.4 is 0 Å². The van der Waals surface area contributed by atoms with Gasteiger partial charge in [-0.15, -0.1) is 0 Å². The van der Waals surface area contributed by atoms with Crippen LogP contribution in [0.1, 0.15) is 193 Å². The average molecular weight is 1740 g/mol. The molecule has 12 fully saturated rings. The highest BCUT2D eigenvalue weighted by Crippen LogP contribution is 2.62. The third-order valence-corrected chi connectivity index (χ3v) is 32.5. The van der Waals surface area contributed by atoms with Crippen molar-refractivity contribution in [1.29, 1.82) is 0 Å². The minimum atomic E-state index is -3.45. The Kier molecular flexibility index (Phi) is 28.0. The van der Waals surface area contributed by atoms with Crippen LogP contribution in [0.3, 0.4) is 0 Å². The normalized spacial score (nSPS) is 25.5. The fourth-order valence-electron chi connectivity index (χ4n) is 20.7. The maximum atomic E-state index is 12.9. The molecule has 9 aromatic rings. The van der Waals surface area contributed by atoms with Gasteiger partial charge in [0.25, 0.3) is 0 Å². The summed E-state index contributed by atoms with van der Waals surface area (Å²) in [7, 11) is -0.139. The maximum Gasteiger partial charge on any atom is 0.377 e. The van der Waals surface area contributed by atoms with Crippen molar-refractivity contribution in [3.63, 3.8) is 0 Å². The van der Waals surface area contributed by atoms with E-state index in [-0.39, 0.29) is 90.8 Å². The van der Waals surface area contributed by atoms with Gasteiger partial charge in [0.1, 0.15) is 22.8 Å². The fraction of sp³-hybridized carbons (Fsp3) is 0.438. The van der Waals surface area contributed by atoms with Crippen LogP contribution in [0.5, 0.6) is 0 Å². The van der Waals surface area contributed by atoms with E-state index < -0.39 is 52.5 Å². The second-order valence-electron chi connectivity index (χ2n) is 38.7. The van der Waals surface area contributed by atoms with Crippen LogP contribution in [-0.2, 0) is 81.7 Å². The zero-order valence-corrected chi connectivity index (χ0v) is 75.4. The van der Waals surface area contributed by atoms with Crippen molar-refractivity contribution in [2.24, 2.45) is 52.8 Å². The smallest absolute Gasteiger partial charge is 0.377 e. The lowest BCUT2D eigenvalue weighted by atomic mass is 9.48. The Morgan fingerprint density at radius 3 is 0.829 bits per heavy atom. The maximum absolute atomic E-state index is 12.9. The first-order valence-electron chi connectivity index (χ1n) is 43.4. The van der Waals surface area contributed by atoms with Gasteiger partial charge in [-0.25, -0.2) is 14.4 Å². The summed E-state index contributed by atoms with van der Waals surface area (Å²) >= 11 is 0. The van der Waals surface area contributed by atoms with Crippen molar-refractivity contribution in [3.8, 4) is 0 Å². The second kappa shape index (κ2) is 37.5. The fourth-order valence-corrected chi connectivity index (χ4v) is 27.0. The zero-order chi connectivity index (χ0) is 88.2. The van der Waals surface area contributed by atoms with E-state index >= 15 is 0 Å². The summed E-state index contributed by atoms with van der Waals surface area (Å²) in [6.45, 7) is 21.7. The lowest BCUT2D eigenvalue weighted by molar-refractivity contribution is -0.207. The van der Waals surface area contributed by atoms with Gasteiger partial charge >= 0.3 is 35.7 Å². The molecule has 0 aromatic heterocycles. The van der Waals surface area contributed by atoms with E-state index in [0.717, 1.165) is 57.8 Å². The summed E-state index contributed by atoms with van der Waals surface area (Å²) < 4.78 is 92.5. The lowest BCUT2D eigenvalue weighted by Gasteiger charge is -2.59. The van der Waals surface area contributed by atoms with Crippen LogP contribution in [0, 0.1) is 73.5 Å². The van der Waals surface area contributed by atoms with Crippen LogP contribution >= 0.6 is 0 Å². The number of rotatable bonds is 16. The van der Waals surface area contributed by atoms with E-state index in [2.05, 4.69) is 305 Å². The number of benzene rings is 9. The summed E-state index contributed by atoms with van der Waals surface area (Å²) in [6.07, 6.45) is 11.6. The van der Waals surface area contributed by atoms with Crippen molar-refractivity contribution in [3.05, 3.63) is 270 Å². The Labute approximate surface area is 732 Å². The first kappa shape index (κ1) is 92.0. The molecule has 9 aromatic carbocycles. The Morgan fingerprint density at radius 2 is 0.585 bits per heavy atom. The summed E-state index contributed by atoms with van der Waals surface area (Å²) in [4.78, 5) is 70.1. The highest BCUT2D eigenvalue weighted by molar-refractivity contribution is 7.97. The Morgan fingerprint density at radius 1 is 0.333 bits per heavy atom. The van der Waals surface area contributed by atoms with Crippen molar-refractivity contribution in [2.45, 2.75) is 275 Å². The number of aliphatic hydroxyl groups is 1. The van der Waals surface area contributed by atoms with Gasteiger partial charge in [0.2, 0.25) is 0 Å². The van der Waals surface area contributed by atoms with E-state index in [9.17, 15) is 55.4 Å². The highest BCUT2D eigenvalue weighted by atomic mass is 32.2. The quantitative estimate of drug-likeness (QED) is 0.0434. The van der Waals surface area contributed by atoms with Gasteiger partial charge in [-0.3, -0.25) is 9.59 Å². The number of aryl methyl sites for hydroxylation is 3. The van der Waals surface area contributed by atoms with Crippen LogP contribution in [0.25, 0.3) is 0 Å². The molecule has 0 heterocycles. The minimum Gasteiger partial charge on any atom is -0.461 e. The molecule has 12 aliphatic rings. The Balaban J connectivity index is 0.000000128. The van der Waals surface area contributed by atoms with Crippen molar-refractivity contribution >= 4 is 62.2 Å². The molecule has 12 saturated carbocycles. The van der Waals surface area contributed by atoms with Crippen molar-refractivity contribution in [2.75, 3.05) is 6.61 Å². The molecule has 9 nitrogen and oxygen atoms in total. The van der Waals surface area contributed by atoms with Gasteiger partial charge in [-0.1, -0.05) is 192 Å². The van der Waals surface area contributed by atoms with Crippen LogP contribution in [0.4, 0.5) is 26.3 Å². The van der Waals surface area contributed by atoms with Gasteiger partial charge < -0.3 is 19.3 Å². The molecule has 1 N–H and O–H groups in total. The zero-order valence-electron chi connectivity index (χ0n) is 72.9. The molecular weight excluding hydrogens is 1620 g/mol. The summed E-state index contributed by atoms with van der Waals surface area (Å²) in [5, 5.41) is 10.5. The Bertz CT molecular complexity index is 4700. The molecule has 6 unspecified atom stereocenters. The predicted molar refractivity (Wildman–Crippen MR) is 476 cm³/mol. The van der Waals surface area contributed by atoms with Gasteiger partial charge in [0.05, 0.1) is 44.9 Å². The first-order chi connectivity index (χ1) is 58.0.